The van der Waals surface area contributed by atoms with Crippen LogP contribution in [0.4, 0.5) is 0 Å². The first-order chi connectivity index (χ1) is 45.7. The number of unbranched alkanes of at least 4 members (excludes halogenated alkanes) is 36. The van der Waals surface area contributed by atoms with Crippen molar-refractivity contribution in [1.82, 2.24) is 0 Å². The summed E-state index contributed by atoms with van der Waals surface area (Å²) in [5.41, 5.74) is 0. The molecule has 0 amide bonds. The zero-order chi connectivity index (χ0) is 70.3. The molecule has 0 fully saturated rings. The summed E-state index contributed by atoms with van der Waals surface area (Å²) in [4.78, 5) is 72.8. The van der Waals surface area contributed by atoms with Gasteiger partial charge in [0.25, 0.3) is 0 Å². The van der Waals surface area contributed by atoms with Crippen molar-refractivity contribution >= 4 is 39.5 Å². The van der Waals surface area contributed by atoms with E-state index in [1.807, 2.05) is 0 Å². The van der Waals surface area contributed by atoms with E-state index in [0.717, 1.165) is 120 Å². The third-order valence-electron chi connectivity index (χ3n) is 18.7. The highest BCUT2D eigenvalue weighted by Crippen LogP contribution is 2.45. The number of carbonyl (C=O) groups is 4. The van der Waals surface area contributed by atoms with Gasteiger partial charge < -0.3 is 33.8 Å². The van der Waals surface area contributed by atoms with Crippen molar-refractivity contribution in [3.8, 4) is 0 Å². The Balaban J connectivity index is 5.26. The summed E-state index contributed by atoms with van der Waals surface area (Å²) >= 11 is 0. The van der Waals surface area contributed by atoms with Gasteiger partial charge in [-0.3, -0.25) is 37.3 Å². The van der Waals surface area contributed by atoms with Crippen LogP contribution in [0.3, 0.4) is 0 Å². The first-order valence-electron chi connectivity index (χ1n) is 39.3. The molecular formula is C76H148O17P2. The second-order valence-corrected chi connectivity index (χ2v) is 31.5. The second-order valence-electron chi connectivity index (χ2n) is 28.6. The lowest BCUT2D eigenvalue weighted by molar-refractivity contribution is -0.161. The van der Waals surface area contributed by atoms with E-state index < -0.39 is 97.5 Å². The molecule has 19 heteroatoms. The van der Waals surface area contributed by atoms with E-state index in [9.17, 15) is 43.2 Å². The van der Waals surface area contributed by atoms with Crippen LogP contribution in [-0.2, 0) is 65.4 Å². The first-order valence-corrected chi connectivity index (χ1v) is 42.3. The molecule has 0 aromatic heterocycles. The van der Waals surface area contributed by atoms with Crippen LogP contribution in [0, 0.1) is 23.7 Å². The molecule has 95 heavy (non-hydrogen) atoms. The predicted molar refractivity (Wildman–Crippen MR) is 386 cm³/mol. The molecule has 0 aliphatic carbocycles. The molecular weight excluding hydrogens is 1250 g/mol. The Kier molecular flexibility index (Phi) is 64.0. The fourth-order valence-corrected chi connectivity index (χ4v) is 13.0. The summed E-state index contributed by atoms with van der Waals surface area (Å²) in [7, 11) is -9.91. The van der Waals surface area contributed by atoms with Crippen molar-refractivity contribution in [3.05, 3.63) is 0 Å². The lowest BCUT2D eigenvalue weighted by atomic mass is 9.99. The second kappa shape index (κ2) is 65.4. The quantitative estimate of drug-likeness (QED) is 0.0222. The highest BCUT2D eigenvalue weighted by atomic mass is 31.2. The summed E-state index contributed by atoms with van der Waals surface area (Å²) in [6.45, 7) is 14.2. The highest BCUT2D eigenvalue weighted by Gasteiger charge is 2.30. The average Bonchev–Trinajstić information content (AvgIpc) is 1.54. The monoisotopic (exact) mass is 1400 g/mol. The number of carbonyl (C=O) groups excluding carboxylic acids is 4. The van der Waals surface area contributed by atoms with E-state index in [2.05, 4.69) is 55.4 Å². The Labute approximate surface area is 581 Å². The number of ether oxygens (including phenoxy) is 4. The van der Waals surface area contributed by atoms with Crippen LogP contribution in [0.25, 0.3) is 0 Å². The molecule has 0 saturated heterocycles. The Morgan fingerprint density at radius 2 is 0.505 bits per heavy atom. The molecule has 5 unspecified atom stereocenters. The van der Waals surface area contributed by atoms with Gasteiger partial charge >= 0.3 is 39.5 Å². The molecule has 0 aliphatic heterocycles. The maximum Gasteiger partial charge on any atom is 0.472 e. The molecule has 0 saturated carbocycles. The van der Waals surface area contributed by atoms with Gasteiger partial charge in [0.05, 0.1) is 26.4 Å². The number of phosphoric acid groups is 2. The molecule has 0 aliphatic rings. The van der Waals surface area contributed by atoms with Crippen LogP contribution in [0.5, 0.6) is 0 Å². The third-order valence-corrected chi connectivity index (χ3v) is 20.6. The van der Waals surface area contributed by atoms with Gasteiger partial charge in [0.15, 0.2) is 12.2 Å². The first kappa shape index (κ1) is 93.1. The lowest BCUT2D eigenvalue weighted by Crippen LogP contribution is -2.30. The zero-order valence-corrected chi connectivity index (χ0v) is 64.1. The van der Waals surface area contributed by atoms with E-state index in [1.165, 1.54) is 180 Å². The molecule has 3 N–H and O–H groups in total. The summed E-state index contributed by atoms with van der Waals surface area (Å²) in [6.07, 6.45) is 49.8. The van der Waals surface area contributed by atoms with E-state index in [-0.39, 0.29) is 25.7 Å². The van der Waals surface area contributed by atoms with Crippen LogP contribution in [0.2, 0.25) is 0 Å². The van der Waals surface area contributed by atoms with Crippen LogP contribution in [0.1, 0.15) is 383 Å². The summed E-state index contributed by atoms with van der Waals surface area (Å²) < 4.78 is 68.5. The van der Waals surface area contributed by atoms with E-state index >= 15 is 0 Å². The summed E-state index contributed by atoms with van der Waals surface area (Å²) in [5.74, 6) is 1.01. The van der Waals surface area contributed by atoms with Gasteiger partial charge in [-0.2, -0.15) is 0 Å². The zero-order valence-electron chi connectivity index (χ0n) is 62.3. The molecule has 0 aromatic carbocycles. The van der Waals surface area contributed by atoms with Crippen molar-refractivity contribution in [2.24, 2.45) is 23.7 Å². The average molecular weight is 1400 g/mol. The third kappa shape index (κ3) is 66.4. The van der Waals surface area contributed by atoms with E-state index in [0.29, 0.717) is 25.7 Å². The van der Waals surface area contributed by atoms with Crippen LogP contribution in [-0.4, -0.2) is 96.7 Å². The molecule has 0 radical (unpaired) electrons. The summed E-state index contributed by atoms with van der Waals surface area (Å²) in [5, 5.41) is 10.6. The number of rotatable bonds is 73. The minimum atomic E-state index is -4.96. The fourth-order valence-electron chi connectivity index (χ4n) is 11.5. The smallest absolute Gasteiger partial charge is 0.462 e. The van der Waals surface area contributed by atoms with Crippen LogP contribution in [0.15, 0.2) is 0 Å². The topological polar surface area (TPSA) is 237 Å². The maximum absolute atomic E-state index is 13.1. The normalized spacial score (nSPS) is 15.0. The van der Waals surface area contributed by atoms with Gasteiger partial charge in [-0.05, 0) is 49.4 Å². The van der Waals surface area contributed by atoms with Crippen molar-refractivity contribution in [2.75, 3.05) is 39.6 Å². The molecule has 0 spiro atoms. The Bertz CT molecular complexity index is 1870. The molecule has 0 bridgehead atoms. The molecule has 8 atom stereocenters. The Morgan fingerprint density at radius 1 is 0.295 bits per heavy atom. The van der Waals surface area contributed by atoms with E-state index in [1.54, 1.807) is 0 Å². The number of aliphatic hydroxyl groups is 1. The van der Waals surface area contributed by atoms with Gasteiger partial charge in [-0.15, -0.1) is 0 Å². The van der Waals surface area contributed by atoms with Gasteiger partial charge in [-0.25, -0.2) is 9.13 Å². The molecule has 0 heterocycles. The van der Waals surface area contributed by atoms with E-state index in [4.69, 9.17) is 37.0 Å². The van der Waals surface area contributed by atoms with Crippen molar-refractivity contribution in [3.63, 3.8) is 0 Å². The molecule has 0 rings (SSSR count). The minimum Gasteiger partial charge on any atom is -0.462 e. The number of hydrogen-bond donors (Lipinski definition) is 3. The largest absolute Gasteiger partial charge is 0.472 e. The standard InChI is InChI=1S/C76H148O17P2/c1-9-67(6)53-45-37-29-23-18-20-26-32-42-50-58-75(80)92-71(62-86-73(78)56-48-40-31-25-17-15-13-12-14-16-22-28-36-44-52-66(4)5)64-90-94(82,83)88-60-70(77)61-89-95(84,85)91-65-72(63-87-74(79)57-49-41-35-34-39-47-55-69(8)11-3)93-76(81)59-51-43-33-27-21-19-24-30-38-46-54-68(7)10-2/h66-72,77H,9-65H2,1-8H3,(H,82,83)(H,84,85)/t67?,68?,69?,70-,71-,72-/m1/s1. The number of aliphatic hydroxyl groups excluding tert-OH is 1. The SMILES string of the molecule is CCC(C)CCCCCCCCCCCCC(=O)O[C@H](COC(=O)CCCCCCCCCCCCCCCCC(C)C)COP(=O)(O)OC[C@@H](O)COP(=O)(O)OC[C@@H](COC(=O)CCCCCCCCC(C)CC)OC(=O)CCCCCCCCCCCCC(C)CC. The fraction of sp³-hybridized carbons (Fsp3) is 0.947. The van der Waals surface area contributed by atoms with Gasteiger partial charge in [0.2, 0.25) is 0 Å². The number of esters is 4. The van der Waals surface area contributed by atoms with Crippen molar-refractivity contribution in [1.29, 1.82) is 0 Å². The van der Waals surface area contributed by atoms with Gasteiger partial charge in [0, 0.05) is 25.7 Å². The number of hydrogen-bond acceptors (Lipinski definition) is 15. The minimum absolute atomic E-state index is 0.105. The Hall–Kier alpha value is -1.94. The van der Waals surface area contributed by atoms with Crippen molar-refractivity contribution in [2.45, 2.75) is 401 Å². The Morgan fingerprint density at radius 3 is 0.747 bits per heavy atom. The van der Waals surface area contributed by atoms with Gasteiger partial charge in [-0.1, -0.05) is 331 Å². The summed E-state index contributed by atoms with van der Waals surface area (Å²) in [6, 6.07) is 0. The molecule has 17 nitrogen and oxygen atoms in total. The molecule has 564 valence electrons. The van der Waals surface area contributed by atoms with Crippen LogP contribution >= 0.6 is 15.6 Å². The van der Waals surface area contributed by atoms with Crippen LogP contribution < -0.4 is 0 Å². The van der Waals surface area contributed by atoms with Gasteiger partial charge in [0.1, 0.15) is 19.3 Å². The number of phosphoric ester groups is 2. The molecule has 0 aromatic rings. The van der Waals surface area contributed by atoms with Crippen molar-refractivity contribution < 1.29 is 80.2 Å². The highest BCUT2D eigenvalue weighted by molar-refractivity contribution is 7.47. The maximum atomic E-state index is 13.1. The predicted octanol–water partition coefficient (Wildman–Crippen LogP) is 22.0. The lowest BCUT2D eigenvalue weighted by Gasteiger charge is -2.21.